The number of nitrogens with one attached hydrogen (secondary N) is 1. The van der Waals surface area contributed by atoms with E-state index in [0.717, 1.165) is 23.5 Å². The van der Waals surface area contributed by atoms with Crippen molar-refractivity contribution in [2.24, 2.45) is 5.84 Å². The molecular formula is C13H20N6. The van der Waals surface area contributed by atoms with E-state index in [2.05, 4.69) is 33.5 Å². The highest BCUT2D eigenvalue weighted by atomic mass is 15.3. The molecule has 2 heterocycles. The molecule has 6 heteroatoms. The van der Waals surface area contributed by atoms with E-state index >= 15 is 0 Å². The molecule has 0 spiro atoms. The fourth-order valence-electron chi connectivity index (χ4n) is 2.05. The Kier molecular flexibility index (Phi) is 4.24. The predicted molar refractivity (Wildman–Crippen MR) is 73.2 cm³/mol. The first-order chi connectivity index (χ1) is 9.13. The van der Waals surface area contributed by atoms with Gasteiger partial charge < -0.3 is 0 Å². The minimum atomic E-state index is -0.109. The van der Waals surface area contributed by atoms with Crippen LogP contribution in [0.1, 0.15) is 35.7 Å². The molecule has 0 aliphatic heterocycles. The van der Waals surface area contributed by atoms with Crippen molar-refractivity contribution in [3.63, 3.8) is 0 Å². The zero-order valence-corrected chi connectivity index (χ0v) is 11.6. The van der Waals surface area contributed by atoms with E-state index in [1.54, 1.807) is 12.4 Å². The topological polar surface area (TPSA) is 81.7 Å². The lowest BCUT2D eigenvalue weighted by atomic mass is 10.1. The summed E-state index contributed by atoms with van der Waals surface area (Å²) in [5, 5.41) is 4.43. The lowest BCUT2D eigenvalue weighted by molar-refractivity contribution is 0.495. The standard InChI is InChI=1S/C13H20N6/c1-4-19-11(5-10(3)18-19)6-12(17-14)13-15-7-9(2)8-16-13/h5,7-8,12,17H,4,6,14H2,1-3H3. The summed E-state index contributed by atoms with van der Waals surface area (Å²) in [4.78, 5) is 8.65. The minimum Gasteiger partial charge on any atom is -0.271 e. The average Bonchev–Trinajstić information content (AvgIpc) is 2.77. The second kappa shape index (κ2) is 5.90. The van der Waals surface area contributed by atoms with Crippen LogP contribution in [-0.4, -0.2) is 19.7 Å². The van der Waals surface area contributed by atoms with E-state index in [0.29, 0.717) is 12.2 Å². The van der Waals surface area contributed by atoms with Gasteiger partial charge >= 0.3 is 0 Å². The van der Waals surface area contributed by atoms with Gasteiger partial charge in [-0.3, -0.25) is 10.5 Å². The van der Waals surface area contributed by atoms with Gasteiger partial charge in [0.1, 0.15) is 5.82 Å². The summed E-state index contributed by atoms with van der Waals surface area (Å²) < 4.78 is 1.98. The van der Waals surface area contributed by atoms with Crippen LogP contribution in [0, 0.1) is 13.8 Å². The van der Waals surface area contributed by atoms with Crippen molar-refractivity contribution in [3.8, 4) is 0 Å². The smallest absolute Gasteiger partial charge is 0.146 e. The third-order valence-electron chi connectivity index (χ3n) is 3.01. The molecule has 19 heavy (non-hydrogen) atoms. The zero-order valence-electron chi connectivity index (χ0n) is 11.6. The van der Waals surface area contributed by atoms with Crippen LogP contribution in [0.5, 0.6) is 0 Å². The summed E-state index contributed by atoms with van der Waals surface area (Å²) in [5.74, 6) is 6.33. The largest absolute Gasteiger partial charge is 0.271 e. The SMILES string of the molecule is CCn1nc(C)cc1CC(NN)c1ncc(C)cn1. The fraction of sp³-hybridized carbons (Fsp3) is 0.462. The van der Waals surface area contributed by atoms with Gasteiger partial charge in [0.2, 0.25) is 0 Å². The Hall–Kier alpha value is -1.79. The maximum atomic E-state index is 5.63. The Balaban J connectivity index is 2.21. The third-order valence-corrected chi connectivity index (χ3v) is 3.01. The second-order valence-electron chi connectivity index (χ2n) is 4.63. The number of hydrogen-bond acceptors (Lipinski definition) is 5. The second-order valence-corrected chi connectivity index (χ2v) is 4.63. The summed E-state index contributed by atoms with van der Waals surface area (Å²) in [6, 6.07) is 1.96. The van der Waals surface area contributed by atoms with Crippen molar-refractivity contribution in [1.82, 2.24) is 25.2 Å². The Morgan fingerprint density at radius 2 is 2.00 bits per heavy atom. The Bertz CT molecular complexity index is 531. The summed E-state index contributed by atoms with van der Waals surface area (Å²) in [5.41, 5.74) is 5.96. The first-order valence-electron chi connectivity index (χ1n) is 6.42. The molecule has 6 nitrogen and oxygen atoms in total. The highest BCUT2D eigenvalue weighted by molar-refractivity contribution is 5.13. The van der Waals surface area contributed by atoms with Gasteiger partial charge in [-0.2, -0.15) is 5.10 Å². The van der Waals surface area contributed by atoms with Gasteiger partial charge in [0.15, 0.2) is 0 Å². The first kappa shape index (κ1) is 13.6. The molecule has 0 radical (unpaired) electrons. The van der Waals surface area contributed by atoms with Crippen LogP contribution in [0.4, 0.5) is 0 Å². The van der Waals surface area contributed by atoms with E-state index in [1.165, 1.54) is 0 Å². The molecule has 0 bridgehead atoms. The van der Waals surface area contributed by atoms with Gasteiger partial charge in [-0.25, -0.2) is 15.4 Å². The molecule has 102 valence electrons. The summed E-state index contributed by atoms with van der Waals surface area (Å²) >= 11 is 0. The molecule has 1 atom stereocenters. The number of hydrogen-bond donors (Lipinski definition) is 2. The molecule has 2 aromatic rings. The normalized spacial score (nSPS) is 12.6. The minimum absolute atomic E-state index is 0.109. The van der Waals surface area contributed by atoms with Gasteiger partial charge in [0.05, 0.1) is 11.7 Å². The number of hydrazine groups is 1. The molecule has 0 amide bonds. The molecule has 2 rings (SSSR count). The first-order valence-corrected chi connectivity index (χ1v) is 6.42. The van der Waals surface area contributed by atoms with Crippen LogP contribution in [0.15, 0.2) is 18.5 Å². The Labute approximate surface area is 113 Å². The van der Waals surface area contributed by atoms with Crippen LogP contribution in [0.2, 0.25) is 0 Å². The lowest BCUT2D eigenvalue weighted by Gasteiger charge is -2.15. The average molecular weight is 260 g/mol. The van der Waals surface area contributed by atoms with Crippen LogP contribution >= 0.6 is 0 Å². The molecule has 2 aromatic heterocycles. The summed E-state index contributed by atoms with van der Waals surface area (Å²) in [6.07, 6.45) is 4.32. The highest BCUT2D eigenvalue weighted by Crippen LogP contribution is 2.15. The maximum Gasteiger partial charge on any atom is 0.146 e. The summed E-state index contributed by atoms with van der Waals surface area (Å²) in [6.45, 7) is 6.87. The number of aromatic nitrogens is 4. The molecule has 0 aliphatic rings. The predicted octanol–water partition coefficient (Wildman–Crippen LogP) is 1.06. The number of aryl methyl sites for hydroxylation is 3. The monoisotopic (exact) mass is 260 g/mol. The Morgan fingerprint density at radius 1 is 1.32 bits per heavy atom. The van der Waals surface area contributed by atoms with Crippen molar-refractivity contribution in [2.45, 2.75) is 39.8 Å². The van der Waals surface area contributed by atoms with Gasteiger partial charge in [-0.15, -0.1) is 0 Å². The molecular weight excluding hydrogens is 240 g/mol. The molecule has 0 aromatic carbocycles. The fourth-order valence-corrected chi connectivity index (χ4v) is 2.05. The van der Waals surface area contributed by atoms with Gasteiger partial charge in [-0.1, -0.05) is 0 Å². The maximum absolute atomic E-state index is 5.63. The van der Waals surface area contributed by atoms with E-state index in [9.17, 15) is 0 Å². The van der Waals surface area contributed by atoms with Crippen LogP contribution in [0.25, 0.3) is 0 Å². The summed E-state index contributed by atoms with van der Waals surface area (Å²) in [7, 11) is 0. The van der Waals surface area contributed by atoms with Crippen LogP contribution in [-0.2, 0) is 13.0 Å². The molecule has 0 saturated heterocycles. The quantitative estimate of drug-likeness (QED) is 0.620. The van der Waals surface area contributed by atoms with E-state index < -0.39 is 0 Å². The van der Waals surface area contributed by atoms with Crippen LogP contribution in [0.3, 0.4) is 0 Å². The Morgan fingerprint density at radius 3 is 2.58 bits per heavy atom. The number of nitrogens with zero attached hydrogens (tertiary/aromatic N) is 4. The molecule has 0 fully saturated rings. The van der Waals surface area contributed by atoms with Crippen molar-refractivity contribution < 1.29 is 0 Å². The van der Waals surface area contributed by atoms with E-state index in [-0.39, 0.29) is 6.04 Å². The molecule has 0 aliphatic carbocycles. The highest BCUT2D eigenvalue weighted by Gasteiger charge is 2.16. The van der Waals surface area contributed by atoms with Gasteiger partial charge in [0.25, 0.3) is 0 Å². The molecule has 3 N–H and O–H groups in total. The van der Waals surface area contributed by atoms with Crippen LogP contribution < -0.4 is 11.3 Å². The third kappa shape index (κ3) is 3.15. The number of nitrogens with two attached hydrogens (primary N) is 1. The lowest BCUT2D eigenvalue weighted by Crippen LogP contribution is -2.31. The van der Waals surface area contributed by atoms with Crippen molar-refractivity contribution in [3.05, 3.63) is 41.2 Å². The van der Waals surface area contributed by atoms with Gasteiger partial charge in [0, 0.05) is 31.1 Å². The van der Waals surface area contributed by atoms with E-state index in [4.69, 9.17) is 5.84 Å². The van der Waals surface area contributed by atoms with Gasteiger partial charge in [-0.05, 0) is 32.4 Å². The van der Waals surface area contributed by atoms with Crippen molar-refractivity contribution >= 4 is 0 Å². The number of rotatable bonds is 5. The van der Waals surface area contributed by atoms with E-state index in [1.807, 2.05) is 18.5 Å². The van der Waals surface area contributed by atoms with Crippen molar-refractivity contribution in [2.75, 3.05) is 0 Å². The molecule has 0 saturated carbocycles. The molecule has 1 unspecified atom stereocenters. The van der Waals surface area contributed by atoms with Crippen molar-refractivity contribution in [1.29, 1.82) is 0 Å². The zero-order chi connectivity index (χ0) is 13.8.